The number of methoxy groups -OCH3 is 1. The number of benzene rings is 1. The van der Waals surface area contributed by atoms with Gasteiger partial charge in [-0.05, 0) is 43.9 Å². The standard InChI is InChI=1S/C20H32N2O3/c1-16(2)14-17-15-25-19-9-5-4-8-18(19)20(23)22(12-13-24-3)11-7-6-10-21-17/h4-5,8-9,16-17,21H,6-7,10-15H2,1-3H3/t17-/m0/s1. The zero-order chi connectivity index (χ0) is 18.1. The molecule has 0 spiro atoms. The average Bonchev–Trinajstić information content (AvgIpc) is 2.60. The molecule has 0 unspecified atom stereocenters. The molecule has 5 nitrogen and oxygen atoms in total. The van der Waals surface area contributed by atoms with Gasteiger partial charge < -0.3 is 19.7 Å². The Labute approximate surface area is 151 Å². The van der Waals surface area contributed by atoms with E-state index < -0.39 is 0 Å². The Morgan fingerprint density at radius 2 is 2.12 bits per heavy atom. The van der Waals surface area contributed by atoms with Crippen LogP contribution in [-0.2, 0) is 4.74 Å². The van der Waals surface area contributed by atoms with Crippen molar-refractivity contribution in [1.29, 1.82) is 0 Å². The number of nitrogens with one attached hydrogen (secondary N) is 1. The summed E-state index contributed by atoms with van der Waals surface area (Å²) in [5.41, 5.74) is 0.641. The molecule has 0 fully saturated rings. The molecule has 1 amide bonds. The van der Waals surface area contributed by atoms with Crippen LogP contribution in [0, 0.1) is 5.92 Å². The van der Waals surface area contributed by atoms with Gasteiger partial charge >= 0.3 is 0 Å². The molecule has 1 atom stereocenters. The van der Waals surface area contributed by atoms with E-state index in [2.05, 4.69) is 19.2 Å². The average molecular weight is 348 g/mol. The predicted molar refractivity (Wildman–Crippen MR) is 100 cm³/mol. The highest BCUT2D eigenvalue weighted by atomic mass is 16.5. The SMILES string of the molecule is COCCN1CCCCN[C@@H](CC(C)C)COc2ccccc2C1=O. The number of carbonyl (C=O) groups excluding carboxylic acids is 1. The van der Waals surface area contributed by atoms with Crippen LogP contribution in [0.15, 0.2) is 24.3 Å². The second-order valence-electron chi connectivity index (χ2n) is 7.08. The largest absolute Gasteiger partial charge is 0.491 e. The summed E-state index contributed by atoms with van der Waals surface area (Å²) in [4.78, 5) is 14.9. The molecule has 0 saturated heterocycles. The lowest BCUT2D eigenvalue weighted by atomic mass is 10.0. The molecule has 1 N–H and O–H groups in total. The fourth-order valence-corrected chi connectivity index (χ4v) is 3.16. The van der Waals surface area contributed by atoms with Gasteiger partial charge in [-0.1, -0.05) is 26.0 Å². The highest BCUT2D eigenvalue weighted by Crippen LogP contribution is 2.21. The first-order valence-corrected chi connectivity index (χ1v) is 9.35. The van der Waals surface area contributed by atoms with Crippen molar-refractivity contribution >= 4 is 5.91 Å². The summed E-state index contributed by atoms with van der Waals surface area (Å²) in [7, 11) is 1.66. The summed E-state index contributed by atoms with van der Waals surface area (Å²) in [6.45, 7) is 7.88. The molecular weight excluding hydrogens is 316 g/mol. The number of rotatable bonds is 5. The third kappa shape index (κ3) is 6.33. The van der Waals surface area contributed by atoms with Crippen molar-refractivity contribution in [1.82, 2.24) is 10.2 Å². The highest BCUT2D eigenvalue weighted by Gasteiger charge is 2.21. The number of fused-ring (bicyclic) bond motifs is 1. The first-order valence-electron chi connectivity index (χ1n) is 9.35. The molecule has 1 aliphatic heterocycles. The maximum atomic E-state index is 13.0. The van der Waals surface area contributed by atoms with Crippen LogP contribution >= 0.6 is 0 Å². The quantitative estimate of drug-likeness (QED) is 0.889. The van der Waals surface area contributed by atoms with Crippen molar-refractivity contribution in [3.63, 3.8) is 0 Å². The zero-order valence-corrected chi connectivity index (χ0v) is 15.8. The van der Waals surface area contributed by atoms with Crippen LogP contribution in [0.4, 0.5) is 0 Å². The molecule has 1 aromatic carbocycles. The van der Waals surface area contributed by atoms with Gasteiger partial charge in [-0.2, -0.15) is 0 Å². The molecule has 0 bridgehead atoms. The normalized spacial score (nSPS) is 19.8. The van der Waals surface area contributed by atoms with Gasteiger partial charge in [-0.3, -0.25) is 4.79 Å². The maximum absolute atomic E-state index is 13.0. The number of hydrogen-bond acceptors (Lipinski definition) is 4. The molecule has 25 heavy (non-hydrogen) atoms. The first kappa shape index (κ1) is 19.7. The Morgan fingerprint density at radius 3 is 2.88 bits per heavy atom. The molecule has 0 aromatic heterocycles. The maximum Gasteiger partial charge on any atom is 0.257 e. The van der Waals surface area contributed by atoms with Gasteiger partial charge in [0.05, 0.1) is 12.2 Å². The Kier molecular flexibility index (Phi) is 8.22. The molecule has 1 heterocycles. The van der Waals surface area contributed by atoms with Gasteiger partial charge in [0.2, 0.25) is 0 Å². The van der Waals surface area contributed by atoms with Crippen LogP contribution in [0.25, 0.3) is 0 Å². The molecule has 1 aliphatic rings. The van der Waals surface area contributed by atoms with E-state index >= 15 is 0 Å². The van der Waals surface area contributed by atoms with Gasteiger partial charge in [0.15, 0.2) is 0 Å². The topological polar surface area (TPSA) is 50.8 Å². The number of ether oxygens (including phenoxy) is 2. The lowest BCUT2D eigenvalue weighted by Gasteiger charge is -2.26. The van der Waals surface area contributed by atoms with Gasteiger partial charge in [-0.15, -0.1) is 0 Å². The second-order valence-corrected chi connectivity index (χ2v) is 7.08. The molecular formula is C20H32N2O3. The monoisotopic (exact) mass is 348 g/mol. The molecule has 1 aromatic rings. The number of amides is 1. The van der Waals surface area contributed by atoms with E-state index in [1.165, 1.54) is 0 Å². The third-order valence-corrected chi connectivity index (χ3v) is 4.45. The fourth-order valence-electron chi connectivity index (χ4n) is 3.16. The summed E-state index contributed by atoms with van der Waals surface area (Å²) in [6, 6.07) is 7.87. The minimum Gasteiger partial charge on any atom is -0.491 e. The van der Waals surface area contributed by atoms with E-state index in [4.69, 9.17) is 9.47 Å². The van der Waals surface area contributed by atoms with Crippen molar-refractivity contribution in [2.24, 2.45) is 5.92 Å². The van der Waals surface area contributed by atoms with Crippen LogP contribution in [-0.4, -0.2) is 56.8 Å². The number of para-hydroxylation sites is 1. The van der Waals surface area contributed by atoms with E-state index in [0.717, 1.165) is 32.4 Å². The Balaban J connectivity index is 2.18. The number of carbonyl (C=O) groups is 1. The fraction of sp³-hybridized carbons (Fsp3) is 0.650. The van der Waals surface area contributed by atoms with Crippen molar-refractivity contribution in [3.8, 4) is 5.75 Å². The predicted octanol–water partition coefficient (Wildman–Crippen LogP) is 2.95. The smallest absolute Gasteiger partial charge is 0.257 e. The lowest BCUT2D eigenvalue weighted by Crippen LogP contribution is -2.39. The minimum absolute atomic E-state index is 0.0293. The van der Waals surface area contributed by atoms with E-state index in [9.17, 15) is 4.79 Å². The van der Waals surface area contributed by atoms with E-state index in [0.29, 0.717) is 43.0 Å². The summed E-state index contributed by atoms with van der Waals surface area (Å²) in [6.07, 6.45) is 3.10. The summed E-state index contributed by atoms with van der Waals surface area (Å²) in [5.74, 6) is 1.31. The van der Waals surface area contributed by atoms with Crippen LogP contribution in [0.3, 0.4) is 0 Å². The van der Waals surface area contributed by atoms with E-state index in [1.807, 2.05) is 29.2 Å². The second kappa shape index (κ2) is 10.4. The van der Waals surface area contributed by atoms with Crippen molar-refractivity contribution in [2.75, 3.05) is 40.0 Å². The molecule has 2 rings (SSSR count). The molecule has 0 aliphatic carbocycles. The Morgan fingerprint density at radius 1 is 1.32 bits per heavy atom. The molecule has 0 radical (unpaired) electrons. The van der Waals surface area contributed by atoms with Crippen LogP contribution < -0.4 is 10.1 Å². The Hall–Kier alpha value is -1.59. The summed E-state index contributed by atoms with van der Waals surface area (Å²) >= 11 is 0. The van der Waals surface area contributed by atoms with Gasteiger partial charge in [0, 0.05) is 26.2 Å². The minimum atomic E-state index is 0.0293. The summed E-state index contributed by atoms with van der Waals surface area (Å²) in [5, 5.41) is 3.62. The summed E-state index contributed by atoms with van der Waals surface area (Å²) < 4.78 is 11.2. The van der Waals surface area contributed by atoms with Crippen LogP contribution in [0.2, 0.25) is 0 Å². The Bertz CT molecular complexity index is 533. The third-order valence-electron chi connectivity index (χ3n) is 4.45. The van der Waals surface area contributed by atoms with Gasteiger partial charge in [-0.25, -0.2) is 0 Å². The number of hydrogen-bond donors (Lipinski definition) is 1. The van der Waals surface area contributed by atoms with E-state index in [1.54, 1.807) is 7.11 Å². The first-order chi connectivity index (χ1) is 12.1. The van der Waals surface area contributed by atoms with Crippen molar-refractivity contribution in [3.05, 3.63) is 29.8 Å². The number of nitrogens with zero attached hydrogens (tertiary/aromatic N) is 1. The zero-order valence-electron chi connectivity index (χ0n) is 15.8. The van der Waals surface area contributed by atoms with Crippen LogP contribution in [0.5, 0.6) is 5.75 Å². The lowest BCUT2D eigenvalue weighted by molar-refractivity contribution is 0.0685. The molecule has 5 heteroatoms. The molecule has 0 saturated carbocycles. The highest BCUT2D eigenvalue weighted by molar-refractivity contribution is 5.97. The van der Waals surface area contributed by atoms with E-state index in [-0.39, 0.29) is 5.91 Å². The van der Waals surface area contributed by atoms with Gasteiger partial charge in [0.25, 0.3) is 5.91 Å². The van der Waals surface area contributed by atoms with Crippen LogP contribution in [0.1, 0.15) is 43.5 Å². The van der Waals surface area contributed by atoms with Crippen molar-refractivity contribution < 1.29 is 14.3 Å². The van der Waals surface area contributed by atoms with Gasteiger partial charge in [0.1, 0.15) is 12.4 Å². The molecule has 140 valence electrons. The van der Waals surface area contributed by atoms with Crippen molar-refractivity contribution in [2.45, 2.75) is 39.2 Å².